The molecule has 117 heavy (non-hydrogen) atoms. The minimum atomic E-state index is -4.72. The predicted molar refractivity (Wildman–Crippen MR) is 427 cm³/mol. The fourth-order valence-electron chi connectivity index (χ4n) is 13.1. The van der Waals surface area contributed by atoms with Gasteiger partial charge >= 0.3 is 55.3 Å². The summed E-state index contributed by atoms with van der Waals surface area (Å²) in [5.74, 6) is -1.06. The number of H-pyrrole nitrogens is 4. The SMILES string of the molecule is Cc1cn([C@H]2C[C@@H](OP(=S)(OCCOCCOCCNC(=O)CCOCCN)OC[C@H]3O[C@@H](n4ccc(N)nc4=O)C[C@H]3C(C)C)[C@@H](COP(O)(=S)O[C@@H]3C[C@H](n4c(=O)[nH]c5c(=O)[nH]c(N)nc54)O[C@@H]3COP(O)(=S)O[C@@H]3C[C@H](n4ccc(N)nc4=O)O[C@@H]3COP(O)(=S)O[C@@H]3C[C@H](n4cc(Br)c(=O)[nH]c4=O)O[C@@H]3CO)O2)c(=O)[nH]c1=O. The van der Waals surface area contributed by atoms with Crippen molar-refractivity contribution in [1.29, 1.82) is 0 Å². The first-order valence-electron chi connectivity index (χ1n) is 36.1. The fourth-order valence-corrected chi connectivity index (χ4v) is 20.0. The highest BCUT2D eigenvalue weighted by Gasteiger charge is 2.49. The first kappa shape index (κ1) is 92.1. The first-order valence-corrected chi connectivity index (χ1v) is 47.3. The number of aromatic nitrogens is 12. The van der Waals surface area contributed by atoms with E-state index in [0.29, 0.717) is 19.6 Å². The molecule has 4 unspecified atom stereocenters. The van der Waals surface area contributed by atoms with E-state index in [9.17, 15) is 62.9 Å². The van der Waals surface area contributed by atoms with Crippen LogP contribution in [-0.2, 0) is 131 Å². The van der Waals surface area contributed by atoms with Gasteiger partial charge in [-0.25, -0.2) is 28.5 Å². The zero-order valence-electron chi connectivity index (χ0n) is 62.4. The molecule has 5 aliphatic heterocycles. The number of aliphatic hydroxyl groups excluding tert-OH is 1. The van der Waals surface area contributed by atoms with Gasteiger partial charge in [-0.05, 0) is 100 Å². The van der Waals surface area contributed by atoms with Crippen molar-refractivity contribution in [2.75, 3.05) is 110 Å². The summed E-state index contributed by atoms with van der Waals surface area (Å²) in [7, 11) is 0. The summed E-state index contributed by atoms with van der Waals surface area (Å²) < 4.78 is 109. The topological polar surface area (TPSA) is 634 Å². The van der Waals surface area contributed by atoms with Gasteiger partial charge in [-0.2, -0.15) is 15.0 Å². The lowest BCUT2D eigenvalue weighted by molar-refractivity contribution is -0.122. The molecule has 6 aromatic rings. The van der Waals surface area contributed by atoms with E-state index in [1.807, 2.05) is 13.8 Å². The molecule has 0 aromatic carbocycles. The Morgan fingerprint density at radius 3 is 1.59 bits per heavy atom. The summed E-state index contributed by atoms with van der Waals surface area (Å²) in [6.45, 7) is -14.7. The van der Waals surface area contributed by atoms with Crippen molar-refractivity contribution < 1.29 is 103 Å². The molecule has 5 fully saturated rings. The average Bonchev–Trinajstić information content (AvgIpc) is 1.60. The highest BCUT2D eigenvalue weighted by molar-refractivity contribution is 9.10. The molecule has 648 valence electrons. The average molecular weight is 1870 g/mol. The molecule has 0 saturated carbocycles. The lowest BCUT2D eigenvalue weighted by Crippen LogP contribution is -2.33. The summed E-state index contributed by atoms with van der Waals surface area (Å²) in [5.41, 5.74) is 16.0. The highest BCUT2D eigenvalue weighted by atomic mass is 79.9. The Morgan fingerprint density at radius 1 is 0.564 bits per heavy atom. The van der Waals surface area contributed by atoms with Crippen LogP contribution in [0.1, 0.15) is 89.1 Å². The molecule has 47 nitrogen and oxygen atoms in total. The molecule has 56 heteroatoms. The Hall–Kier alpha value is -5.66. The number of carbonyl (C=O) groups excluding carboxylic acids is 1. The second-order valence-corrected chi connectivity index (χ2v) is 39.4. The van der Waals surface area contributed by atoms with Gasteiger partial charge in [0.2, 0.25) is 11.9 Å². The van der Waals surface area contributed by atoms with Crippen LogP contribution in [0, 0.1) is 18.8 Å². The predicted octanol–water partition coefficient (Wildman–Crippen LogP) is -1.44. The smallest absolute Gasteiger partial charge is 0.351 e. The quantitative estimate of drug-likeness (QED) is 0.0154. The van der Waals surface area contributed by atoms with E-state index in [0.717, 1.165) is 18.3 Å². The molecule has 1 amide bonds. The zero-order valence-corrected chi connectivity index (χ0v) is 70.9. The summed E-state index contributed by atoms with van der Waals surface area (Å²) in [5, 5.41) is 13.0. The number of aryl methyl sites for hydroxylation is 1. The molecular formula is C61H88BrN17O30P4S4. The van der Waals surface area contributed by atoms with E-state index in [4.69, 9.17) is 149 Å². The van der Waals surface area contributed by atoms with Gasteiger partial charge in [0.05, 0.1) is 114 Å². The number of nitrogens with one attached hydrogen (secondary N) is 5. The third-order valence-corrected chi connectivity index (χ3v) is 26.5. The number of carbonyl (C=O) groups is 1. The number of nitrogen functional groups attached to an aromatic ring is 3. The molecule has 19 atom stereocenters. The van der Waals surface area contributed by atoms with Crippen LogP contribution in [0.4, 0.5) is 17.6 Å². The van der Waals surface area contributed by atoms with Crippen molar-refractivity contribution in [3.63, 3.8) is 0 Å². The van der Waals surface area contributed by atoms with Crippen LogP contribution in [0.5, 0.6) is 0 Å². The second-order valence-electron chi connectivity index (χ2n) is 27.2. The number of fused-ring (bicyclic) bond motifs is 1. The van der Waals surface area contributed by atoms with Gasteiger partial charge in [-0.15, -0.1) is 0 Å². The number of amides is 1. The molecule has 0 spiro atoms. The third-order valence-electron chi connectivity index (χ3n) is 18.8. The van der Waals surface area contributed by atoms with Crippen LogP contribution < -0.4 is 73.4 Å². The first-order chi connectivity index (χ1) is 55.5. The molecular weight excluding hydrogens is 1780 g/mol. The summed E-state index contributed by atoms with van der Waals surface area (Å²) in [6, 6.07) is 2.75. The van der Waals surface area contributed by atoms with Crippen LogP contribution in [0.15, 0.2) is 79.7 Å². The Kier molecular flexibility index (Phi) is 31.9. The molecule has 0 bridgehead atoms. The number of hydrogen-bond acceptors (Lipinski definition) is 38. The van der Waals surface area contributed by atoms with E-state index >= 15 is 0 Å². The number of nitrogens with zero attached hydrogens (tertiary/aromatic N) is 8. The van der Waals surface area contributed by atoms with Gasteiger partial charge in [0.1, 0.15) is 67.2 Å². The largest absolute Gasteiger partial charge is 0.394 e. The number of nitrogens with two attached hydrogens (primary N) is 4. The minimum Gasteiger partial charge on any atom is -0.394 e. The lowest BCUT2D eigenvalue weighted by Gasteiger charge is -2.30. The van der Waals surface area contributed by atoms with Crippen molar-refractivity contribution in [3.8, 4) is 0 Å². The van der Waals surface area contributed by atoms with Crippen molar-refractivity contribution in [2.45, 2.75) is 145 Å². The van der Waals surface area contributed by atoms with Gasteiger partial charge in [-0.3, -0.25) is 57.4 Å². The summed E-state index contributed by atoms with van der Waals surface area (Å²) >= 11 is 25.9. The van der Waals surface area contributed by atoms with Gasteiger partial charge in [0.25, 0.3) is 16.7 Å². The Morgan fingerprint density at radius 2 is 1.03 bits per heavy atom. The number of aliphatic hydroxyl groups is 1. The van der Waals surface area contributed by atoms with Crippen molar-refractivity contribution >= 4 is 125 Å². The number of imidazole rings is 1. The Balaban J connectivity index is 0.809. The van der Waals surface area contributed by atoms with E-state index < -0.39 is 197 Å². The standard InChI is InChI=1S/C61H88BrN17O30P4S4/c1-30(2)32-18-46(75-9-4-43(64)68-57(75)85)102-39(32)26-100-113(117,96-17-16-95-15-14-94-13-8-67-45(81)6-11-93-12-7-63)109-37-21-48(77-23-31(3)53(82)73-59(77)87)104-42(37)29-99-112(92,116)108-36-22-50(79-52-51(70-61(79)89)55(84)72-56(66)71-52)105-41(36)28-98-111(91,115)107-35-20-47(76-10-5-44(65)69-58(76)86)103-40(35)27-97-110(90,114)106-34-19-49(101-38(34)25-80)78-24-33(62)54(83)74-60(78)88/h4-5,9-10,23-24,30,32,34-42,46-50,80H,6-8,11-22,25-29,63H2,1-3H3,(H,67,81)(H,70,89)(H,90,114)(H,91,115)(H,92,116)(H2,64,68,85)(H2,65,69,86)(H,73,82,87)(H,74,83,88)(H3,66,71,72,84)/t32-,34+,35+,36+,37+,38+,39+,40+,41+,42+,46+,47+,48+,49+,50+,110?,111?,112?,113?/m0/s1. The number of hydrogen-bond donors (Lipinski definition) is 13. The van der Waals surface area contributed by atoms with E-state index in [2.05, 4.69) is 56.1 Å². The maximum atomic E-state index is 13.8. The number of aromatic amines is 4. The van der Waals surface area contributed by atoms with Crippen LogP contribution in [0.25, 0.3) is 11.2 Å². The molecule has 5 saturated heterocycles. The molecule has 0 aliphatic carbocycles. The van der Waals surface area contributed by atoms with Crippen molar-refractivity contribution in [2.24, 2.45) is 17.6 Å². The highest BCUT2D eigenvalue weighted by Crippen LogP contribution is 2.57. The van der Waals surface area contributed by atoms with Gasteiger partial charge in [0, 0.05) is 75.5 Å². The Bertz CT molecular complexity index is 5220. The normalized spacial score (nSPS) is 26.9. The minimum absolute atomic E-state index is 0.00546. The van der Waals surface area contributed by atoms with Crippen LogP contribution >= 0.6 is 42.8 Å². The molecule has 5 aliphatic rings. The van der Waals surface area contributed by atoms with Gasteiger partial charge in [0.15, 0.2) is 11.2 Å². The third kappa shape index (κ3) is 24.4. The number of rotatable bonds is 42. The molecule has 0 radical (unpaired) electrons. The summed E-state index contributed by atoms with van der Waals surface area (Å²) in [6.07, 6.45) is -13.2. The number of ether oxygens (including phenoxy) is 8. The maximum absolute atomic E-state index is 13.8. The Labute approximate surface area is 689 Å². The van der Waals surface area contributed by atoms with E-state index in [-0.39, 0.29) is 129 Å². The van der Waals surface area contributed by atoms with Crippen LogP contribution in [0.3, 0.4) is 0 Å². The van der Waals surface area contributed by atoms with Gasteiger partial charge < -0.3 is 127 Å². The van der Waals surface area contributed by atoms with Crippen molar-refractivity contribution in [3.05, 3.63) is 130 Å². The molecule has 17 N–H and O–H groups in total. The van der Waals surface area contributed by atoms with Crippen LogP contribution in [0.2, 0.25) is 0 Å². The number of halogens is 1. The van der Waals surface area contributed by atoms with Gasteiger partial charge in [-0.1, -0.05) is 13.8 Å². The second kappa shape index (κ2) is 40.6. The van der Waals surface area contributed by atoms with E-state index in [1.165, 1.54) is 48.4 Å². The maximum Gasteiger partial charge on any atom is 0.351 e. The summed E-state index contributed by atoms with van der Waals surface area (Å²) in [4.78, 5) is 173. The molecule has 6 aromatic heterocycles. The molecule has 11 rings (SSSR count). The lowest BCUT2D eigenvalue weighted by atomic mass is 9.89. The molecule has 11 heterocycles. The van der Waals surface area contributed by atoms with E-state index in [1.54, 1.807) is 0 Å². The fraction of sp³-hybridized carbons (Fsp3) is 0.639. The zero-order chi connectivity index (χ0) is 84.4. The number of anilines is 3. The van der Waals surface area contributed by atoms with Crippen molar-refractivity contribution in [1.82, 2.24) is 63.0 Å². The van der Waals surface area contributed by atoms with Crippen LogP contribution in [-0.4, -0.2) is 231 Å². The monoisotopic (exact) mass is 1870 g/mol.